The first-order valence-corrected chi connectivity index (χ1v) is 9.18. The van der Waals surface area contributed by atoms with Gasteiger partial charge in [0.1, 0.15) is 0 Å². The molecule has 0 atom stereocenters. The van der Waals surface area contributed by atoms with Gasteiger partial charge in [-0.05, 0) is 38.3 Å². The van der Waals surface area contributed by atoms with Gasteiger partial charge < -0.3 is 14.2 Å². The summed E-state index contributed by atoms with van der Waals surface area (Å²) < 4.78 is 15.9. The summed E-state index contributed by atoms with van der Waals surface area (Å²) in [5, 5.41) is 0. The summed E-state index contributed by atoms with van der Waals surface area (Å²) in [6, 6.07) is 1.74. The largest absolute Gasteiger partial charge is 0.491 e. The van der Waals surface area contributed by atoms with Crippen LogP contribution in [0.3, 0.4) is 0 Å². The molecule has 150 valence electrons. The van der Waals surface area contributed by atoms with E-state index in [-0.39, 0.29) is 30.1 Å². The maximum absolute atomic E-state index is 12.1. The first-order chi connectivity index (χ1) is 12.6. The fraction of sp³-hybridized carbons (Fsp3) is 0.550. The summed E-state index contributed by atoms with van der Waals surface area (Å²) in [5.41, 5.74) is 0.637. The van der Waals surface area contributed by atoms with E-state index in [1.807, 2.05) is 0 Å². The highest BCUT2D eigenvalue weighted by Crippen LogP contribution is 2.28. The molecule has 1 saturated carbocycles. The Morgan fingerprint density at radius 1 is 1.26 bits per heavy atom. The number of carbonyl (C=O) groups is 2. The SMILES string of the molecule is CCOC(=O)CCCOc1cc(/C=C/C(=O)C2CCCC2)ncc1OC.Cl. The third-order valence-corrected chi connectivity index (χ3v) is 4.34. The average Bonchev–Trinajstić information content (AvgIpc) is 3.18. The molecule has 1 aromatic heterocycles. The standard InChI is InChI=1S/C20H27NO5.ClH/c1-3-25-20(23)9-6-12-26-18-13-16(21-14-19(18)24-2)10-11-17(22)15-7-4-5-8-15;/h10-11,13-15H,3-9,12H2,1-2H3;1H/b11-10+;. The second-order valence-corrected chi connectivity index (χ2v) is 6.23. The molecule has 0 spiro atoms. The smallest absolute Gasteiger partial charge is 0.305 e. The summed E-state index contributed by atoms with van der Waals surface area (Å²) in [4.78, 5) is 27.7. The van der Waals surface area contributed by atoms with Crippen LogP contribution in [0.15, 0.2) is 18.3 Å². The van der Waals surface area contributed by atoms with Gasteiger partial charge in [-0.25, -0.2) is 0 Å². The third-order valence-electron chi connectivity index (χ3n) is 4.34. The molecule has 0 aliphatic heterocycles. The first kappa shape index (κ1) is 23.0. The molecule has 1 fully saturated rings. The quantitative estimate of drug-likeness (QED) is 0.337. The van der Waals surface area contributed by atoms with Gasteiger partial charge in [0, 0.05) is 18.4 Å². The van der Waals surface area contributed by atoms with Crippen LogP contribution in [-0.4, -0.2) is 37.1 Å². The molecule has 2 rings (SSSR count). The van der Waals surface area contributed by atoms with Gasteiger partial charge in [0.15, 0.2) is 17.3 Å². The predicted octanol–water partition coefficient (Wildman–Crippen LogP) is 4.01. The topological polar surface area (TPSA) is 74.7 Å². The number of esters is 1. The van der Waals surface area contributed by atoms with Crippen molar-refractivity contribution in [2.45, 2.75) is 45.4 Å². The Kier molecular flexibility index (Phi) is 10.5. The van der Waals surface area contributed by atoms with Crippen molar-refractivity contribution in [2.75, 3.05) is 20.3 Å². The van der Waals surface area contributed by atoms with Crippen LogP contribution in [0.1, 0.15) is 51.1 Å². The number of hydrogen-bond acceptors (Lipinski definition) is 6. The van der Waals surface area contributed by atoms with Crippen molar-refractivity contribution < 1.29 is 23.8 Å². The lowest BCUT2D eigenvalue weighted by Gasteiger charge is -2.11. The van der Waals surface area contributed by atoms with Crippen molar-refractivity contribution in [2.24, 2.45) is 5.92 Å². The van der Waals surface area contributed by atoms with Crippen LogP contribution in [0.4, 0.5) is 0 Å². The number of pyridine rings is 1. The molecule has 1 heterocycles. The summed E-state index contributed by atoms with van der Waals surface area (Å²) in [7, 11) is 1.54. The van der Waals surface area contributed by atoms with Crippen LogP contribution < -0.4 is 9.47 Å². The molecule has 0 radical (unpaired) electrons. The molecule has 7 heteroatoms. The van der Waals surface area contributed by atoms with E-state index >= 15 is 0 Å². The number of carbonyl (C=O) groups excluding carboxylic acids is 2. The molecule has 0 saturated heterocycles. The number of ether oxygens (including phenoxy) is 3. The third kappa shape index (κ3) is 7.59. The first-order valence-electron chi connectivity index (χ1n) is 9.18. The van der Waals surface area contributed by atoms with Gasteiger partial charge in [-0.2, -0.15) is 0 Å². The molecular weight excluding hydrogens is 370 g/mol. The zero-order valence-electron chi connectivity index (χ0n) is 15.9. The molecule has 27 heavy (non-hydrogen) atoms. The minimum atomic E-state index is -0.230. The van der Waals surface area contributed by atoms with Gasteiger partial charge in [-0.3, -0.25) is 14.6 Å². The van der Waals surface area contributed by atoms with Gasteiger partial charge in [0.25, 0.3) is 0 Å². The Hall–Kier alpha value is -2.08. The number of ketones is 1. The maximum atomic E-state index is 12.1. The Morgan fingerprint density at radius 2 is 2.00 bits per heavy atom. The molecule has 0 N–H and O–H groups in total. The van der Waals surface area contributed by atoms with Crippen LogP contribution in [-0.2, 0) is 14.3 Å². The Balaban J connectivity index is 0.00000364. The second kappa shape index (κ2) is 12.3. The van der Waals surface area contributed by atoms with Gasteiger partial charge in [0.05, 0.1) is 32.2 Å². The van der Waals surface area contributed by atoms with Crippen molar-refractivity contribution in [3.63, 3.8) is 0 Å². The number of rotatable bonds is 10. The molecule has 1 aliphatic carbocycles. The molecule has 0 unspecified atom stereocenters. The molecule has 0 amide bonds. The van der Waals surface area contributed by atoms with E-state index in [0.717, 1.165) is 25.7 Å². The van der Waals surface area contributed by atoms with Crippen molar-refractivity contribution in [1.82, 2.24) is 4.98 Å². The molecule has 1 aliphatic rings. The number of halogens is 1. The Morgan fingerprint density at radius 3 is 2.67 bits per heavy atom. The predicted molar refractivity (Wildman–Crippen MR) is 105 cm³/mol. The van der Waals surface area contributed by atoms with Gasteiger partial charge in [-0.1, -0.05) is 12.8 Å². The van der Waals surface area contributed by atoms with E-state index in [1.165, 1.54) is 0 Å². The van der Waals surface area contributed by atoms with E-state index in [4.69, 9.17) is 14.2 Å². The Bertz CT molecular complexity index is 641. The summed E-state index contributed by atoms with van der Waals surface area (Å²) in [6.45, 7) is 2.53. The number of nitrogens with zero attached hydrogens (tertiary/aromatic N) is 1. The van der Waals surface area contributed by atoms with E-state index < -0.39 is 0 Å². The zero-order chi connectivity index (χ0) is 18.8. The average molecular weight is 398 g/mol. The number of methoxy groups -OCH3 is 1. The Labute approximate surface area is 166 Å². The minimum Gasteiger partial charge on any atom is -0.491 e. The summed E-state index contributed by atoms with van der Waals surface area (Å²) in [6.07, 6.45) is 9.98. The highest BCUT2D eigenvalue weighted by Gasteiger charge is 2.20. The van der Waals surface area contributed by atoms with Gasteiger partial charge >= 0.3 is 5.97 Å². The lowest BCUT2D eigenvalue weighted by molar-refractivity contribution is -0.143. The van der Waals surface area contributed by atoms with Crippen LogP contribution >= 0.6 is 12.4 Å². The summed E-state index contributed by atoms with van der Waals surface area (Å²) in [5.74, 6) is 1.15. The minimum absolute atomic E-state index is 0. The fourth-order valence-corrected chi connectivity index (χ4v) is 2.94. The van der Waals surface area contributed by atoms with E-state index in [0.29, 0.717) is 43.2 Å². The van der Waals surface area contributed by atoms with Crippen molar-refractivity contribution >= 4 is 30.2 Å². The van der Waals surface area contributed by atoms with E-state index in [9.17, 15) is 9.59 Å². The van der Waals surface area contributed by atoms with Crippen LogP contribution in [0.2, 0.25) is 0 Å². The number of hydrogen-bond donors (Lipinski definition) is 0. The molecule has 6 nitrogen and oxygen atoms in total. The molecular formula is C20H28ClNO5. The van der Waals surface area contributed by atoms with Gasteiger partial charge in [0.2, 0.25) is 0 Å². The van der Waals surface area contributed by atoms with Crippen molar-refractivity contribution in [1.29, 1.82) is 0 Å². The fourth-order valence-electron chi connectivity index (χ4n) is 2.94. The normalized spacial score (nSPS) is 14.0. The van der Waals surface area contributed by atoms with Gasteiger partial charge in [-0.15, -0.1) is 12.4 Å². The van der Waals surface area contributed by atoms with Crippen LogP contribution in [0.5, 0.6) is 11.5 Å². The molecule has 0 aromatic carbocycles. The second-order valence-electron chi connectivity index (χ2n) is 6.23. The molecule has 1 aromatic rings. The highest BCUT2D eigenvalue weighted by molar-refractivity contribution is 5.95. The molecule has 0 bridgehead atoms. The lowest BCUT2D eigenvalue weighted by atomic mass is 10.0. The zero-order valence-corrected chi connectivity index (χ0v) is 16.8. The van der Waals surface area contributed by atoms with Crippen molar-refractivity contribution in [3.05, 3.63) is 24.0 Å². The lowest BCUT2D eigenvalue weighted by Crippen LogP contribution is -2.07. The monoisotopic (exact) mass is 397 g/mol. The highest BCUT2D eigenvalue weighted by atomic mass is 35.5. The number of allylic oxidation sites excluding steroid dienone is 1. The van der Waals surface area contributed by atoms with E-state index in [2.05, 4.69) is 4.98 Å². The van der Waals surface area contributed by atoms with Crippen LogP contribution in [0.25, 0.3) is 6.08 Å². The van der Waals surface area contributed by atoms with Crippen molar-refractivity contribution in [3.8, 4) is 11.5 Å². The summed E-state index contributed by atoms with van der Waals surface area (Å²) >= 11 is 0. The van der Waals surface area contributed by atoms with E-state index in [1.54, 1.807) is 38.4 Å². The number of aromatic nitrogens is 1. The van der Waals surface area contributed by atoms with Crippen LogP contribution in [0, 0.1) is 5.92 Å². The maximum Gasteiger partial charge on any atom is 0.305 e.